The van der Waals surface area contributed by atoms with Crippen LogP contribution in [0.2, 0.25) is 0 Å². The first-order chi connectivity index (χ1) is 5.55. The summed E-state index contributed by atoms with van der Waals surface area (Å²) in [7, 11) is 5.58. The standard InChI is InChI=1S/C8H17ClNO2.ClH/c1-10(2,7-9)5-4-8(6-11)12-3;/h6,8H,4-5,7H2,1-3H3;1H/q+1;/p-1. The van der Waals surface area contributed by atoms with Crippen LogP contribution in [0.3, 0.4) is 0 Å². The lowest BCUT2D eigenvalue weighted by molar-refractivity contribution is -0.879. The van der Waals surface area contributed by atoms with Crippen LogP contribution in [0.15, 0.2) is 0 Å². The lowest BCUT2D eigenvalue weighted by atomic mass is 10.2. The molecule has 80 valence electrons. The van der Waals surface area contributed by atoms with E-state index in [-0.39, 0.29) is 18.5 Å². The number of nitrogens with zero attached hydrogens (tertiary/aromatic N) is 1. The maximum Gasteiger partial charge on any atom is 0.154 e. The van der Waals surface area contributed by atoms with E-state index >= 15 is 0 Å². The SMILES string of the molecule is COC(C=O)CC[N+](C)(C)CCl.[Cl-]. The lowest BCUT2D eigenvalue weighted by Crippen LogP contribution is -3.00. The number of quaternary nitrogens is 1. The normalized spacial score (nSPS) is 13.2. The van der Waals surface area contributed by atoms with E-state index in [0.717, 1.165) is 19.3 Å². The van der Waals surface area contributed by atoms with Gasteiger partial charge in [-0.25, -0.2) is 0 Å². The fourth-order valence-corrected chi connectivity index (χ4v) is 0.897. The van der Waals surface area contributed by atoms with Gasteiger partial charge in [0, 0.05) is 13.5 Å². The van der Waals surface area contributed by atoms with Crippen molar-refractivity contribution in [3.8, 4) is 0 Å². The van der Waals surface area contributed by atoms with E-state index in [4.69, 9.17) is 16.3 Å². The zero-order valence-corrected chi connectivity index (χ0v) is 9.81. The molecule has 1 unspecified atom stereocenters. The van der Waals surface area contributed by atoms with Crippen LogP contribution in [-0.4, -0.2) is 50.6 Å². The first-order valence-electron chi connectivity index (χ1n) is 3.92. The highest BCUT2D eigenvalue weighted by Crippen LogP contribution is 2.04. The van der Waals surface area contributed by atoms with Crippen LogP contribution in [0, 0.1) is 0 Å². The van der Waals surface area contributed by atoms with Gasteiger partial charge in [-0.3, -0.25) is 0 Å². The summed E-state index contributed by atoms with van der Waals surface area (Å²) in [6.45, 7) is 0.848. The van der Waals surface area contributed by atoms with Crippen molar-refractivity contribution < 1.29 is 26.4 Å². The number of methoxy groups -OCH3 is 1. The summed E-state index contributed by atoms with van der Waals surface area (Å²) in [4.78, 5) is 10.4. The third kappa shape index (κ3) is 7.26. The zero-order chi connectivity index (χ0) is 9.61. The Morgan fingerprint density at radius 3 is 2.38 bits per heavy atom. The van der Waals surface area contributed by atoms with Crippen LogP contribution in [0.5, 0.6) is 0 Å². The largest absolute Gasteiger partial charge is 1.00 e. The van der Waals surface area contributed by atoms with Crippen molar-refractivity contribution in [2.75, 3.05) is 33.8 Å². The molecule has 0 bridgehead atoms. The predicted octanol–water partition coefficient (Wildman–Crippen LogP) is -2.13. The van der Waals surface area contributed by atoms with E-state index in [1.165, 1.54) is 0 Å². The third-order valence-corrected chi connectivity index (χ3v) is 2.44. The quantitative estimate of drug-likeness (QED) is 0.225. The molecule has 0 N–H and O–H groups in total. The van der Waals surface area contributed by atoms with Gasteiger partial charge in [-0.1, -0.05) is 11.6 Å². The molecule has 0 amide bonds. The number of carbonyl (C=O) groups excluding carboxylic acids is 1. The van der Waals surface area contributed by atoms with Crippen LogP contribution in [0.1, 0.15) is 6.42 Å². The van der Waals surface area contributed by atoms with Crippen molar-refractivity contribution in [2.24, 2.45) is 0 Å². The molecule has 5 heteroatoms. The van der Waals surface area contributed by atoms with Gasteiger partial charge in [0.1, 0.15) is 12.4 Å². The van der Waals surface area contributed by atoms with Crippen molar-refractivity contribution >= 4 is 17.9 Å². The molecule has 3 nitrogen and oxygen atoms in total. The van der Waals surface area contributed by atoms with Gasteiger partial charge in [0.2, 0.25) is 0 Å². The van der Waals surface area contributed by atoms with Gasteiger partial charge in [-0.05, 0) is 0 Å². The fraction of sp³-hybridized carbons (Fsp3) is 0.875. The maximum absolute atomic E-state index is 10.4. The Balaban J connectivity index is 0. The molecule has 0 saturated carbocycles. The summed E-state index contributed by atoms with van der Waals surface area (Å²) in [6, 6.07) is 0.551. The van der Waals surface area contributed by atoms with Crippen LogP contribution in [-0.2, 0) is 9.53 Å². The topological polar surface area (TPSA) is 26.3 Å². The smallest absolute Gasteiger partial charge is 0.154 e. The molecular formula is C8H17Cl2NO2. The molecule has 0 aliphatic rings. The Morgan fingerprint density at radius 1 is 1.54 bits per heavy atom. The number of hydrogen-bond acceptors (Lipinski definition) is 2. The molecule has 0 aromatic heterocycles. The van der Waals surface area contributed by atoms with Gasteiger partial charge in [0.15, 0.2) is 6.00 Å². The fourth-order valence-electron chi connectivity index (χ4n) is 0.778. The average Bonchev–Trinajstić information content (AvgIpc) is 2.06. The number of aldehydes is 1. The maximum atomic E-state index is 10.4. The number of hydrogen-bond donors (Lipinski definition) is 0. The molecule has 0 aromatic carbocycles. The molecule has 0 rings (SSSR count). The highest BCUT2D eigenvalue weighted by molar-refractivity contribution is 6.16. The molecule has 0 aliphatic heterocycles. The van der Waals surface area contributed by atoms with E-state index in [0.29, 0.717) is 10.5 Å². The number of alkyl halides is 1. The molecule has 1 atom stereocenters. The molecule has 0 spiro atoms. The van der Waals surface area contributed by atoms with E-state index in [1.807, 2.05) is 14.1 Å². The summed E-state index contributed by atoms with van der Waals surface area (Å²) in [5.41, 5.74) is 0. The third-order valence-electron chi connectivity index (χ3n) is 1.80. The van der Waals surface area contributed by atoms with Crippen molar-refractivity contribution in [1.82, 2.24) is 0 Å². The summed E-state index contributed by atoms with van der Waals surface area (Å²) in [6.07, 6.45) is 1.26. The summed E-state index contributed by atoms with van der Waals surface area (Å²) in [5, 5.41) is 0. The van der Waals surface area contributed by atoms with Crippen LogP contribution < -0.4 is 12.4 Å². The second kappa shape index (κ2) is 7.56. The van der Waals surface area contributed by atoms with Gasteiger partial charge in [0.25, 0.3) is 0 Å². The minimum atomic E-state index is -0.286. The van der Waals surface area contributed by atoms with Crippen LogP contribution in [0.4, 0.5) is 0 Å². The Kier molecular flexibility index (Phi) is 9.09. The van der Waals surface area contributed by atoms with Gasteiger partial charge >= 0.3 is 0 Å². The van der Waals surface area contributed by atoms with Gasteiger partial charge in [0.05, 0.1) is 20.6 Å². The average molecular weight is 230 g/mol. The molecule has 0 aromatic rings. The van der Waals surface area contributed by atoms with Crippen molar-refractivity contribution in [1.29, 1.82) is 0 Å². The second-order valence-electron chi connectivity index (χ2n) is 3.48. The monoisotopic (exact) mass is 229 g/mol. The second-order valence-corrected chi connectivity index (χ2v) is 3.72. The summed E-state index contributed by atoms with van der Waals surface area (Å²) < 4.78 is 5.62. The van der Waals surface area contributed by atoms with Crippen LogP contribution >= 0.6 is 11.6 Å². The highest BCUT2D eigenvalue weighted by Gasteiger charge is 2.16. The number of carbonyl (C=O) groups is 1. The van der Waals surface area contributed by atoms with Gasteiger partial charge in [-0.15, -0.1) is 0 Å². The number of halogens is 2. The highest BCUT2D eigenvalue weighted by atomic mass is 35.5. The first-order valence-corrected chi connectivity index (χ1v) is 4.45. The van der Waals surface area contributed by atoms with Crippen LogP contribution in [0.25, 0.3) is 0 Å². The summed E-state index contributed by atoms with van der Waals surface area (Å²) in [5.74, 6) is 0. The molecule has 0 aliphatic carbocycles. The van der Waals surface area contributed by atoms with Crippen molar-refractivity contribution in [3.05, 3.63) is 0 Å². The first kappa shape index (κ1) is 15.6. The Hall–Kier alpha value is 0.170. The Morgan fingerprint density at radius 2 is 2.08 bits per heavy atom. The lowest BCUT2D eigenvalue weighted by Gasteiger charge is -2.27. The zero-order valence-electron chi connectivity index (χ0n) is 8.30. The molecule has 0 saturated heterocycles. The van der Waals surface area contributed by atoms with Crippen molar-refractivity contribution in [3.63, 3.8) is 0 Å². The molecule has 0 fully saturated rings. The van der Waals surface area contributed by atoms with Gasteiger partial charge < -0.3 is 26.4 Å². The number of ether oxygens (including phenoxy) is 1. The molecular weight excluding hydrogens is 213 g/mol. The Bertz CT molecular complexity index is 142. The molecule has 13 heavy (non-hydrogen) atoms. The Labute approximate surface area is 91.0 Å². The van der Waals surface area contributed by atoms with Crippen molar-refractivity contribution in [2.45, 2.75) is 12.5 Å². The summed E-state index contributed by atoms with van der Waals surface area (Å²) >= 11 is 5.71. The van der Waals surface area contributed by atoms with E-state index in [2.05, 4.69) is 0 Å². The van der Waals surface area contributed by atoms with E-state index < -0.39 is 0 Å². The van der Waals surface area contributed by atoms with E-state index in [9.17, 15) is 4.79 Å². The minimum Gasteiger partial charge on any atom is -1.00 e. The predicted molar refractivity (Wildman–Crippen MR) is 49.2 cm³/mol. The van der Waals surface area contributed by atoms with Gasteiger partial charge in [-0.2, -0.15) is 0 Å². The minimum absolute atomic E-state index is 0. The molecule has 0 heterocycles. The number of rotatable bonds is 6. The molecule has 0 radical (unpaired) electrons. The van der Waals surface area contributed by atoms with E-state index in [1.54, 1.807) is 7.11 Å².